The first-order valence-corrected chi connectivity index (χ1v) is 5.97. The molecule has 1 aromatic rings. The lowest BCUT2D eigenvalue weighted by molar-refractivity contribution is -0.143. The van der Waals surface area contributed by atoms with E-state index in [1.165, 1.54) is 6.92 Å². The van der Waals surface area contributed by atoms with Crippen molar-refractivity contribution in [3.63, 3.8) is 0 Å². The molecular formula is C13H18N2O3. The maximum atomic E-state index is 11.1. The molecule has 0 aliphatic carbocycles. The van der Waals surface area contributed by atoms with Gasteiger partial charge in [-0.05, 0) is 24.6 Å². The predicted molar refractivity (Wildman–Crippen MR) is 68.6 cm³/mol. The van der Waals surface area contributed by atoms with Crippen LogP contribution in [0.4, 0.5) is 5.69 Å². The Kier molecular flexibility index (Phi) is 3.54. The number of ether oxygens (including phenoxy) is 1. The van der Waals surface area contributed by atoms with Gasteiger partial charge in [0, 0.05) is 18.8 Å². The summed E-state index contributed by atoms with van der Waals surface area (Å²) in [6.45, 7) is 4.67. The van der Waals surface area contributed by atoms with E-state index >= 15 is 0 Å². The lowest BCUT2D eigenvalue weighted by Crippen LogP contribution is -2.41. The second-order valence-electron chi connectivity index (χ2n) is 4.65. The van der Waals surface area contributed by atoms with Gasteiger partial charge in [-0.15, -0.1) is 0 Å². The van der Waals surface area contributed by atoms with E-state index in [9.17, 15) is 4.79 Å². The van der Waals surface area contributed by atoms with E-state index in [1.807, 2.05) is 12.1 Å². The van der Waals surface area contributed by atoms with E-state index in [0.717, 1.165) is 32.0 Å². The summed E-state index contributed by atoms with van der Waals surface area (Å²) in [4.78, 5) is 13.3. The highest BCUT2D eigenvalue weighted by molar-refractivity contribution is 5.80. The maximum Gasteiger partial charge on any atom is 0.328 e. The summed E-state index contributed by atoms with van der Waals surface area (Å²) >= 11 is 0. The highest BCUT2D eigenvalue weighted by atomic mass is 16.5. The Balaban J connectivity index is 2.17. The van der Waals surface area contributed by atoms with Crippen molar-refractivity contribution < 1.29 is 14.6 Å². The number of carboxylic acid groups (broad SMARTS) is 1. The van der Waals surface area contributed by atoms with Crippen molar-refractivity contribution in [3.8, 4) is 0 Å². The summed E-state index contributed by atoms with van der Waals surface area (Å²) in [6, 6.07) is 7.38. The third kappa shape index (κ3) is 2.47. The minimum Gasteiger partial charge on any atom is -0.480 e. The molecule has 3 N–H and O–H groups in total. The zero-order chi connectivity index (χ0) is 13.2. The Hall–Kier alpha value is -1.59. The SMILES string of the molecule is C[C@](N)(C(=O)O)c1ccc(N2CCOCC2)cc1. The number of anilines is 1. The first-order valence-electron chi connectivity index (χ1n) is 5.97. The molecule has 0 aromatic heterocycles. The average molecular weight is 250 g/mol. The molecule has 2 rings (SSSR count). The van der Waals surface area contributed by atoms with Crippen LogP contribution < -0.4 is 10.6 Å². The minimum absolute atomic E-state index is 0.604. The summed E-state index contributed by atoms with van der Waals surface area (Å²) in [6.07, 6.45) is 0. The van der Waals surface area contributed by atoms with E-state index < -0.39 is 11.5 Å². The molecule has 5 nitrogen and oxygen atoms in total. The zero-order valence-electron chi connectivity index (χ0n) is 10.4. The average Bonchev–Trinajstić information content (AvgIpc) is 2.40. The second-order valence-corrected chi connectivity index (χ2v) is 4.65. The summed E-state index contributed by atoms with van der Waals surface area (Å²) in [5.41, 5.74) is 6.11. The molecule has 1 aliphatic rings. The number of carbonyl (C=O) groups is 1. The summed E-state index contributed by atoms with van der Waals surface area (Å²) < 4.78 is 5.29. The van der Waals surface area contributed by atoms with Gasteiger partial charge < -0.3 is 20.5 Å². The first-order chi connectivity index (χ1) is 8.51. The van der Waals surface area contributed by atoms with Crippen LogP contribution in [0.3, 0.4) is 0 Å². The van der Waals surface area contributed by atoms with Crippen molar-refractivity contribution in [1.82, 2.24) is 0 Å². The molecule has 0 bridgehead atoms. The van der Waals surface area contributed by atoms with Gasteiger partial charge in [0.25, 0.3) is 0 Å². The molecular weight excluding hydrogens is 232 g/mol. The van der Waals surface area contributed by atoms with Gasteiger partial charge in [0.2, 0.25) is 0 Å². The Bertz CT molecular complexity index is 422. The number of aliphatic carboxylic acids is 1. The van der Waals surface area contributed by atoms with E-state index in [2.05, 4.69) is 4.90 Å². The molecule has 0 amide bonds. The molecule has 1 aromatic carbocycles. The standard InChI is InChI=1S/C13H18N2O3/c1-13(14,12(16)17)10-2-4-11(5-3-10)15-6-8-18-9-7-15/h2-5H,6-9,14H2,1H3,(H,16,17)/t13-/m1/s1. The highest BCUT2D eigenvalue weighted by Gasteiger charge is 2.30. The number of nitrogens with zero attached hydrogens (tertiary/aromatic N) is 1. The Morgan fingerprint density at radius 3 is 2.39 bits per heavy atom. The number of hydrogen-bond acceptors (Lipinski definition) is 4. The number of nitrogens with two attached hydrogens (primary N) is 1. The van der Waals surface area contributed by atoms with Gasteiger partial charge >= 0.3 is 5.97 Å². The molecule has 98 valence electrons. The Morgan fingerprint density at radius 2 is 1.89 bits per heavy atom. The molecule has 1 saturated heterocycles. The van der Waals surface area contributed by atoms with Gasteiger partial charge in [-0.2, -0.15) is 0 Å². The van der Waals surface area contributed by atoms with Crippen LogP contribution in [0.5, 0.6) is 0 Å². The summed E-state index contributed by atoms with van der Waals surface area (Å²) in [7, 11) is 0. The van der Waals surface area contributed by atoms with Crippen molar-refractivity contribution in [2.45, 2.75) is 12.5 Å². The molecule has 1 heterocycles. The van der Waals surface area contributed by atoms with Crippen molar-refractivity contribution >= 4 is 11.7 Å². The number of rotatable bonds is 3. The van der Waals surface area contributed by atoms with Crippen LogP contribution >= 0.6 is 0 Å². The van der Waals surface area contributed by atoms with E-state index in [1.54, 1.807) is 12.1 Å². The van der Waals surface area contributed by atoms with Crippen LogP contribution in [0.2, 0.25) is 0 Å². The molecule has 0 saturated carbocycles. The van der Waals surface area contributed by atoms with E-state index in [0.29, 0.717) is 5.56 Å². The first kappa shape index (κ1) is 12.9. The molecule has 1 aliphatic heterocycles. The van der Waals surface area contributed by atoms with Crippen molar-refractivity contribution in [1.29, 1.82) is 0 Å². The Labute approximate surface area is 106 Å². The predicted octanol–water partition coefficient (Wildman–Crippen LogP) is 0.782. The molecule has 0 spiro atoms. The molecule has 0 radical (unpaired) electrons. The van der Waals surface area contributed by atoms with Crippen LogP contribution in [0.1, 0.15) is 12.5 Å². The van der Waals surface area contributed by atoms with Gasteiger partial charge in [-0.25, -0.2) is 4.79 Å². The van der Waals surface area contributed by atoms with E-state index in [4.69, 9.17) is 15.6 Å². The van der Waals surface area contributed by atoms with Crippen LogP contribution in [0.15, 0.2) is 24.3 Å². The molecule has 5 heteroatoms. The second kappa shape index (κ2) is 4.96. The van der Waals surface area contributed by atoms with Crippen LogP contribution in [0, 0.1) is 0 Å². The van der Waals surface area contributed by atoms with Gasteiger partial charge in [0.05, 0.1) is 13.2 Å². The van der Waals surface area contributed by atoms with Crippen molar-refractivity contribution in [2.75, 3.05) is 31.2 Å². The summed E-state index contributed by atoms with van der Waals surface area (Å²) in [5.74, 6) is -1.03. The highest BCUT2D eigenvalue weighted by Crippen LogP contribution is 2.22. The monoisotopic (exact) mass is 250 g/mol. The fraction of sp³-hybridized carbons (Fsp3) is 0.462. The molecule has 18 heavy (non-hydrogen) atoms. The largest absolute Gasteiger partial charge is 0.480 e. The third-order valence-corrected chi connectivity index (χ3v) is 3.29. The van der Waals surface area contributed by atoms with Crippen molar-refractivity contribution in [3.05, 3.63) is 29.8 Å². The zero-order valence-corrected chi connectivity index (χ0v) is 10.4. The summed E-state index contributed by atoms with van der Waals surface area (Å²) in [5, 5.41) is 9.06. The third-order valence-electron chi connectivity index (χ3n) is 3.29. The van der Waals surface area contributed by atoms with Crippen LogP contribution in [-0.4, -0.2) is 37.4 Å². The molecule has 0 unspecified atom stereocenters. The number of carboxylic acids is 1. The van der Waals surface area contributed by atoms with Crippen molar-refractivity contribution in [2.24, 2.45) is 5.73 Å². The van der Waals surface area contributed by atoms with Crippen LogP contribution in [0.25, 0.3) is 0 Å². The Morgan fingerprint density at radius 1 is 1.33 bits per heavy atom. The van der Waals surface area contributed by atoms with Gasteiger partial charge in [0.1, 0.15) is 5.54 Å². The fourth-order valence-corrected chi connectivity index (χ4v) is 1.96. The van der Waals surface area contributed by atoms with Gasteiger partial charge in [0.15, 0.2) is 0 Å². The normalized spacial score (nSPS) is 19.3. The quantitative estimate of drug-likeness (QED) is 0.829. The van der Waals surface area contributed by atoms with Gasteiger partial charge in [-0.3, -0.25) is 0 Å². The van der Waals surface area contributed by atoms with Gasteiger partial charge in [-0.1, -0.05) is 12.1 Å². The van der Waals surface area contributed by atoms with E-state index in [-0.39, 0.29) is 0 Å². The van der Waals surface area contributed by atoms with Crippen LogP contribution in [-0.2, 0) is 15.1 Å². The topological polar surface area (TPSA) is 75.8 Å². The number of benzene rings is 1. The molecule has 1 atom stereocenters. The lowest BCUT2D eigenvalue weighted by atomic mass is 9.93. The fourth-order valence-electron chi connectivity index (χ4n) is 1.96. The minimum atomic E-state index is -1.34. The lowest BCUT2D eigenvalue weighted by Gasteiger charge is -2.29. The molecule has 1 fully saturated rings. The maximum absolute atomic E-state index is 11.1. The smallest absolute Gasteiger partial charge is 0.328 e. The number of morpholine rings is 1. The number of hydrogen-bond donors (Lipinski definition) is 2.